The molecule has 1 fully saturated rings. The Balaban J connectivity index is 2.25. The second-order valence-corrected chi connectivity index (χ2v) is 5.17. The number of hydrogen-bond acceptors (Lipinski definition) is 2. The summed E-state index contributed by atoms with van der Waals surface area (Å²) < 4.78 is 36.4. The van der Waals surface area contributed by atoms with Crippen molar-refractivity contribution in [1.29, 1.82) is 0 Å². The van der Waals surface area contributed by atoms with Gasteiger partial charge in [-0.15, -0.1) is 0 Å². The van der Waals surface area contributed by atoms with Crippen LogP contribution in [0.2, 0.25) is 0 Å². The Kier molecular flexibility index (Phi) is 7.00. The summed E-state index contributed by atoms with van der Waals surface area (Å²) in [5, 5.41) is 3.45. The molecule has 0 amide bonds. The van der Waals surface area contributed by atoms with E-state index in [9.17, 15) is 13.2 Å². The first-order chi connectivity index (χ1) is 8.51. The normalized spacial score (nSPS) is 21.5. The Morgan fingerprint density at radius 3 is 2.56 bits per heavy atom. The van der Waals surface area contributed by atoms with Gasteiger partial charge >= 0.3 is 6.18 Å². The lowest BCUT2D eigenvalue weighted by atomic mass is 10.0. The third-order valence-corrected chi connectivity index (χ3v) is 3.37. The van der Waals surface area contributed by atoms with E-state index in [0.717, 1.165) is 32.5 Å². The fourth-order valence-corrected chi connectivity index (χ4v) is 2.51. The minimum absolute atomic E-state index is 0.218. The van der Waals surface area contributed by atoms with E-state index in [0.29, 0.717) is 12.6 Å². The van der Waals surface area contributed by atoms with E-state index in [1.54, 1.807) is 0 Å². The van der Waals surface area contributed by atoms with Gasteiger partial charge in [0.05, 0.1) is 0 Å². The van der Waals surface area contributed by atoms with Gasteiger partial charge < -0.3 is 10.2 Å². The number of halogens is 3. The number of piperidine rings is 1. The summed E-state index contributed by atoms with van der Waals surface area (Å²) in [7, 11) is 0. The van der Waals surface area contributed by atoms with Crippen LogP contribution in [0.5, 0.6) is 0 Å². The summed E-state index contributed by atoms with van der Waals surface area (Å²) in [6, 6.07) is 0.469. The minimum Gasteiger partial charge on any atom is -0.313 e. The van der Waals surface area contributed by atoms with Crippen molar-refractivity contribution in [3.8, 4) is 0 Å². The number of hydrogen-bond donors (Lipinski definition) is 1. The predicted molar refractivity (Wildman–Crippen MR) is 67.7 cm³/mol. The van der Waals surface area contributed by atoms with Gasteiger partial charge in [-0.3, -0.25) is 0 Å². The average Bonchev–Trinajstić information content (AvgIpc) is 2.29. The highest BCUT2D eigenvalue weighted by atomic mass is 19.4. The van der Waals surface area contributed by atoms with Crippen molar-refractivity contribution in [2.75, 3.05) is 26.2 Å². The van der Waals surface area contributed by atoms with E-state index in [4.69, 9.17) is 0 Å². The predicted octanol–water partition coefficient (Wildman–Crippen LogP) is 3.18. The van der Waals surface area contributed by atoms with E-state index >= 15 is 0 Å². The van der Waals surface area contributed by atoms with Crippen LogP contribution in [0, 0.1) is 0 Å². The fraction of sp³-hybridized carbons (Fsp3) is 1.00. The van der Waals surface area contributed by atoms with Crippen molar-refractivity contribution in [3.05, 3.63) is 0 Å². The molecule has 1 aliphatic heterocycles. The van der Waals surface area contributed by atoms with Crippen LogP contribution in [0.25, 0.3) is 0 Å². The van der Waals surface area contributed by atoms with Crippen molar-refractivity contribution in [3.63, 3.8) is 0 Å². The van der Waals surface area contributed by atoms with Gasteiger partial charge in [0.25, 0.3) is 0 Å². The largest absolute Gasteiger partial charge is 0.389 e. The van der Waals surface area contributed by atoms with Crippen molar-refractivity contribution in [2.24, 2.45) is 0 Å². The molecule has 1 aliphatic rings. The molecule has 108 valence electrons. The molecule has 18 heavy (non-hydrogen) atoms. The molecule has 0 radical (unpaired) electrons. The highest BCUT2D eigenvalue weighted by Gasteiger charge is 2.26. The average molecular weight is 266 g/mol. The maximum absolute atomic E-state index is 12.1. The molecule has 0 aliphatic carbocycles. The summed E-state index contributed by atoms with van der Waals surface area (Å²) in [6.45, 7) is 5.48. The first-order valence-electron chi connectivity index (χ1n) is 7.04. The second kappa shape index (κ2) is 8.00. The smallest absolute Gasteiger partial charge is 0.313 e. The zero-order valence-corrected chi connectivity index (χ0v) is 11.2. The molecule has 1 saturated heterocycles. The Hall–Kier alpha value is -0.290. The van der Waals surface area contributed by atoms with Crippen LogP contribution >= 0.6 is 0 Å². The van der Waals surface area contributed by atoms with Gasteiger partial charge in [-0.2, -0.15) is 13.2 Å². The highest BCUT2D eigenvalue weighted by molar-refractivity contribution is 4.76. The molecule has 0 spiro atoms. The quantitative estimate of drug-likeness (QED) is 0.761. The molecule has 1 atom stereocenters. The Morgan fingerprint density at radius 2 is 2.00 bits per heavy atom. The molecule has 0 saturated carbocycles. The van der Waals surface area contributed by atoms with Crippen molar-refractivity contribution in [2.45, 2.75) is 57.7 Å². The van der Waals surface area contributed by atoms with Gasteiger partial charge in [-0.25, -0.2) is 0 Å². The van der Waals surface area contributed by atoms with Crippen LogP contribution in [-0.4, -0.2) is 43.3 Å². The molecule has 1 unspecified atom stereocenters. The number of nitrogens with one attached hydrogen (secondary N) is 1. The molecule has 2 nitrogen and oxygen atoms in total. The lowest BCUT2D eigenvalue weighted by Crippen LogP contribution is -2.44. The molecule has 0 aromatic rings. The molecular weight excluding hydrogens is 241 g/mol. The van der Waals surface area contributed by atoms with E-state index < -0.39 is 12.6 Å². The molecule has 0 aromatic carbocycles. The van der Waals surface area contributed by atoms with Gasteiger partial charge in [0, 0.05) is 19.0 Å². The van der Waals surface area contributed by atoms with Crippen LogP contribution in [0.3, 0.4) is 0 Å². The summed E-state index contributed by atoms with van der Waals surface area (Å²) in [4.78, 5) is 2.18. The van der Waals surface area contributed by atoms with E-state index in [-0.39, 0.29) is 6.42 Å². The van der Waals surface area contributed by atoms with E-state index in [1.807, 2.05) is 0 Å². The number of rotatable bonds is 7. The Bertz CT molecular complexity index is 213. The third-order valence-electron chi connectivity index (χ3n) is 3.37. The van der Waals surface area contributed by atoms with Gasteiger partial charge in [0.2, 0.25) is 0 Å². The second-order valence-electron chi connectivity index (χ2n) is 5.17. The molecule has 1 heterocycles. The minimum atomic E-state index is -4.01. The van der Waals surface area contributed by atoms with Gasteiger partial charge in [-0.05, 0) is 45.3 Å². The van der Waals surface area contributed by atoms with Crippen LogP contribution in [-0.2, 0) is 0 Å². The monoisotopic (exact) mass is 266 g/mol. The summed E-state index contributed by atoms with van der Waals surface area (Å²) in [5.74, 6) is 0. The highest BCUT2D eigenvalue weighted by Crippen LogP contribution is 2.21. The standard InChI is InChI=1S/C13H25F3N2/c1-2-9-18(10-5-7-13(14,15)16)11-12-6-3-4-8-17-12/h12,17H,2-11H2,1H3. The van der Waals surface area contributed by atoms with Crippen molar-refractivity contribution >= 4 is 0 Å². The molecule has 0 aromatic heterocycles. The Labute approximate surface area is 108 Å². The zero-order valence-electron chi connectivity index (χ0n) is 11.2. The van der Waals surface area contributed by atoms with E-state index in [2.05, 4.69) is 17.1 Å². The molecule has 1 rings (SSSR count). The lowest BCUT2D eigenvalue weighted by molar-refractivity contribution is -0.136. The third kappa shape index (κ3) is 7.21. The number of nitrogens with zero attached hydrogens (tertiary/aromatic N) is 1. The van der Waals surface area contributed by atoms with Gasteiger partial charge in [0.1, 0.15) is 0 Å². The summed E-state index contributed by atoms with van der Waals surface area (Å²) in [5.41, 5.74) is 0. The van der Waals surface area contributed by atoms with Crippen LogP contribution in [0.1, 0.15) is 45.4 Å². The topological polar surface area (TPSA) is 15.3 Å². The van der Waals surface area contributed by atoms with Crippen LogP contribution < -0.4 is 5.32 Å². The SMILES string of the molecule is CCCN(CCCC(F)(F)F)CC1CCCCN1. The van der Waals surface area contributed by atoms with Crippen molar-refractivity contribution < 1.29 is 13.2 Å². The van der Waals surface area contributed by atoms with Gasteiger partial charge in [0.15, 0.2) is 0 Å². The summed E-state index contributed by atoms with van der Waals surface area (Å²) in [6.07, 6.45) is 0.152. The van der Waals surface area contributed by atoms with Gasteiger partial charge in [-0.1, -0.05) is 13.3 Å². The van der Waals surface area contributed by atoms with Crippen LogP contribution in [0.4, 0.5) is 13.2 Å². The number of alkyl halides is 3. The summed E-state index contributed by atoms with van der Waals surface area (Å²) >= 11 is 0. The van der Waals surface area contributed by atoms with Crippen molar-refractivity contribution in [1.82, 2.24) is 10.2 Å². The maximum Gasteiger partial charge on any atom is 0.389 e. The first-order valence-corrected chi connectivity index (χ1v) is 7.04. The zero-order chi connectivity index (χ0) is 13.4. The fourth-order valence-electron chi connectivity index (χ4n) is 2.51. The van der Waals surface area contributed by atoms with E-state index in [1.165, 1.54) is 12.8 Å². The lowest BCUT2D eigenvalue weighted by Gasteiger charge is -2.30. The molecule has 0 bridgehead atoms. The molecule has 5 heteroatoms. The molecular formula is C13H25F3N2. The van der Waals surface area contributed by atoms with Crippen LogP contribution in [0.15, 0.2) is 0 Å². The molecule has 1 N–H and O–H groups in total. The maximum atomic E-state index is 12.1. The first kappa shape index (κ1) is 15.8. The Morgan fingerprint density at radius 1 is 1.22 bits per heavy atom.